The molecule has 0 aliphatic heterocycles. The van der Waals surface area contributed by atoms with Crippen molar-refractivity contribution in [3.63, 3.8) is 0 Å². The largest absolute Gasteiger partial charge is 0.354 e. The molecule has 0 aliphatic rings. The van der Waals surface area contributed by atoms with Gasteiger partial charge in [-0.2, -0.15) is 0 Å². The summed E-state index contributed by atoms with van der Waals surface area (Å²) in [6, 6.07) is 15.9. The SMILES string of the molecule is Cc1ccc(CSCC(=O)N(Cc2ccccc2C)[C@H](C)C(=O)NCC(C)C)cc1. The third kappa shape index (κ3) is 7.52. The normalized spacial score (nSPS) is 11.9. The van der Waals surface area contributed by atoms with Crippen LogP contribution < -0.4 is 5.32 Å². The van der Waals surface area contributed by atoms with Crippen LogP contribution in [0.4, 0.5) is 0 Å². The van der Waals surface area contributed by atoms with Crippen molar-refractivity contribution in [3.05, 3.63) is 70.8 Å². The minimum Gasteiger partial charge on any atom is -0.354 e. The van der Waals surface area contributed by atoms with Gasteiger partial charge in [-0.05, 0) is 43.4 Å². The molecule has 0 bridgehead atoms. The average molecular weight is 427 g/mol. The van der Waals surface area contributed by atoms with Crippen LogP contribution in [0.3, 0.4) is 0 Å². The van der Waals surface area contributed by atoms with Crippen molar-refractivity contribution in [2.75, 3.05) is 12.3 Å². The molecule has 1 atom stereocenters. The Morgan fingerprint density at radius 1 is 1.00 bits per heavy atom. The lowest BCUT2D eigenvalue weighted by Crippen LogP contribution is -2.48. The second kappa shape index (κ2) is 11.8. The van der Waals surface area contributed by atoms with Crippen molar-refractivity contribution in [2.24, 2.45) is 5.92 Å². The van der Waals surface area contributed by atoms with Gasteiger partial charge in [-0.25, -0.2) is 0 Å². The number of benzene rings is 2. The molecular weight excluding hydrogens is 392 g/mol. The fourth-order valence-electron chi connectivity index (χ4n) is 3.03. The zero-order valence-electron chi connectivity index (χ0n) is 18.8. The minimum atomic E-state index is -0.518. The molecule has 0 saturated carbocycles. The molecule has 30 heavy (non-hydrogen) atoms. The molecular formula is C25H34N2O2S. The van der Waals surface area contributed by atoms with Crippen molar-refractivity contribution in [2.45, 2.75) is 53.0 Å². The van der Waals surface area contributed by atoms with Crippen molar-refractivity contribution in [3.8, 4) is 0 Å². The Morgan fingerprint density at radius 3 is 2.30 bits per heavy atom. The van der Waals surface area contributed by atoms with Gasteiger partial charge in [0, 0.05) is 18.8 Å². The van der Waals surface area contributed by atoms with E-state index in [9.17, 15) is 9.59 Å². The van der Waals surface area contributed by atoms with Gasteiger partial charge in [0.1, 0.15) is 6.04 Å². The number of hydrogen-bond donors (Lipinski definition) is 1. The predicted molar refractivity (Wildman–Crippen MR) is 126 cm³/mol. The second-order valence-corrected chi connectivity index (χ2v) is 9.23. The summed E-state index contributed by atoms with van der Waals surface area (Å²) in [5.74, 6) is 1.38. The van der Waals surface area contributed by atoms with E-state index in [-0.39, 0.29) is 11.8 Å². The Bertz CT molecular complexity index is 833. The van der Waals surface area contributed by atoms with E-state index in [2.05, 4.69) is 50.4 Å². The van der Waals surface area contributed by atoms with Crippen LogP contribution in [0.1, 0.15) is 43.0 Å². The Kier molecular flexibility index (Phi) is 9.44. The number of thioether (sulfide) groups is 1. The summed E-state index contributed by atoms with van der Waals surface area (Å²) >= 11 is 1.59. The number of aryl methyl sites for hydroxylation is 2. The van der Waals surface area contributed by atoms with Gasteiger partial charge in [-0.15, -0.1) is 11.8 Å². The van der Waals surface area contributed by atoms with Crippen LogP contribution in [0.5, 0.6) is 0 Å². The molecule has 0 aromatic heterocycles. The predicted octanol–water partition coefficient (Wildman–Crippen LogP) is 4.73. The third-order valence-electron chi connectivity index (χ3n) is 5.07. The van der Waals surface area contributed by atoms with Gasteiger partial charge < -0.3 is 10.2 Å². The highest BCUT2D eigenvalue weighted by atomic mass is 32.2. The summed E-state index contributed by atoms with van der Waals surface area (Å²) in [7, 11) is 0. The summed E-state index contributed by atoms with van der Waals surface area (Å²) in [6.45, 7) is 11.1. The highest BCUT2D eigenvalue weighted by Gasteiger charge is 2.26. The van der Waals surface area contributed by atoms with Crippen molar-refractivity contribution >= 4 is 23.6 Å². The van der Waals surface area contributed by atoms with Gasteiger partial charge in [0.25, 0.3) is 0 Å². The maximum absolute atomic E-state index is 13.1. The topological polar surface area (TPSA) is 49.4 Å². The van der Waals surface area contributed by atoms with Gasteiger partial charge in [-0.1, -0.05) is 67.9 Å². The Balaban J connectivity index is 2.06. The van der Waals surface area contributed by atoms with Crippen LogP contribution >= 0.6 is 11.8 Å². The smallest absolute Gasteiger partial charge is 0.242 e. The maximum Gasteiger partial charge on any atom is 0.242 e. The van der Waals surface area contributed by atoms with Crippen molar-refractivity contribution in [1.82, 2.24) is 10.2 Å². The number of carbonyl (C=O) groups excluding carboxylic acids is 2. The first kappa shape index (κ1) is 24.0. The van der Waals surface area contributed by atoms with Crippen LogP contribution in [0.25, 0.3) is 0 Å². The highest BCUT2D eigenvalue weighted by molar-refractivity contribution is 7.99. The summed E-state index contributed by atoms with van der Waals surface area (Å²) < 4.78 is 0. The minimum absolute atomic E-state index is 0.0115. The van der Waals surface area contributed by atoms with E-state index in [0.29, 0.717) is 24.8 Å². The molecule has 0 radical (unpaired) electrons. The number of nitrogens with zero attached hydrogens (tertiary/aromatic N) is 1. The molecule has 2 aromatic carbocycles. The summed E-state index contributed by atoms with van der Waals surface area (Å²) in [6.07, 6.45) is 0. The average Bonchev–Trinajstić information content (AvgIpc) is 2.72. The first-order valence-electron chi connectivity index (χ1n) is 10.5. The van der Waals surface area contributed by atoms with Crippen LogP contribution in [-0.4, -0.2) is 35.1 Å². The third-order valence-corrected chi connectivity index (χ3v) is 6.06. The fraction of sp³-hybridized carbons (Fsp3) is 0.440. The molecule has 0 heterocycles. The maximum atomic E-state index is 13.1. The standard InChI is InChI=1S/C25H34N2O2S/c1-18(2)14-26-25(29)21(5)27(15-23-9-7-6-8-20(23)4)24(28)17-30-16-22-12-10-19(3)11-13-22/h6-13,18,21H,14-17H2,1-5H3,(H,26,29)/t21-/m1/s1. The molecule has 2 aromatic rings. The number of rotatable bonds is 10. The molecule has 5 heteroatoms. The Labute approximate surface area is 185 Å². The van der Waals surface area contributed by atoms with E-state index < -0.39 is 6.04 Å². The van der Waals surface area contributed by atoms with Gasteiger partial charge >= 0.3 is 0 Å². The molecule has 0 saturated heterocycles. The zero-order chi connectivity index (χ0) is 22.1. The molecule has 1 N–H and O–H groups in total. The first-order chi connectivity index (χ1) is 14.3. The zero-order valence-corrected chi connectivity index (χ0v) is 19.6. The molecule has 4 nitrogen and oxygen atoms in total. The lowest BCUT2D eigenvalue weighted by molar-refractivity contribution is -0.138. The summed E-state index contributed by atoms with van der Waals surface area (Å²) in [4.78, 5) is 27.5. The van der Waals surface area contributed by atoms with Gasteiger partial charge in [0.2, 0.25) is 11.8 Å². The molecule has 0 fully saturated rings. The lowest BCUT2D eigenvalue weighted by Gasteiger charge is -2.29. The first-order valence-corrected chi connectivity index (χ1v) is 11.7. The Hall–Kier alpha value is -2.27. The Morgan fingerprint density at radius 2 is 1.67 bits per heavy atom. The van der Waals surface area contributed by atoms with E-state index in [4.69, 9.17) is 0 Å². The number of nitrogens with one attached hydrogen (secondary N) is 1. The van der Waals surface area contributed by atoms with Crippen molar-refractivity contribution < 1.29 is 9.59 Å². The lowest BCUT2D eigenvalue weighted by atomic mass is 10.1. The number of hydrogen-bond acceptors (Lipinski definition) is 3. The molecule has 2 rings (SSSR count). The number of carbonyl (C=O) groups is 2. The van der Waals surface area contributed by atoms with E-state index in [1.54, 1.807) is 16.7 Å². The van der Waals surface area contributed by atoms with Gasteiger partial charge in [-0.3, -0.25) is 9.59 Å². The molecule has 0 unspecified atom stereocenters. The molecule has 162 valence electrons. The fourth-order valence-corrected chi connectivity index (χ4v) is 3.90. The molecule has 0 aliphatic carbocycles. The quantitative estimate of drug-likeness (QED) is 0.598. The van der Waals surface area contributed by atoms with Crippen LogP contribution in [0, 0.1) is 19.8 Å². The van der Waals surface area contributed by atoms with E-state index >= 15 is 0 Å². The van der Waals surface area contributed by atoms with Gasteiger partial charge in [0.15, 0.2) is 0 Å². The van der Waals surface area contributed by atoms with Crippen LogP contribution in [0.15, 0.2) is 48.5 Å². The summed E-state index contributed by atoms with van der Waals surface area (Å²) in [5.41, 5.74) is 4.62. The van der Waals surface area contributed by atoms with Crippen molar-refractivity contribution in [1.29, 1.82) is 0 Å². The van der Waals surface area contributed by atoms with Crippen LogP contribution in [0.2, 0.25) is 0 Å². The molecule has 0 spiro atoms. The second-order valence-electron chi connectivity index (χ2n) is 8.24. The summed E-state index contributed by atoms with van der Waals surface area (Å²) in [5, 5.41) is 2.97. The van der Waals surface area contributed by atoms with E-state index in [1.165, 1.54) is 11.1 Å². The highest BCUT2D eigenvalue weighted by Crippen LogP contribution is 2.18. The van der Waals surface area contributed by atoms with E-state index in [1.807, 2.05) is 38.1 Å². The van der Waals surface area contributed by atoms with Crippen LogP contribution in [-0.2, 0) is 21.9 Å². The van der Waals surface area contributed by atoms with E-state index in [0.717, 1.165) is 16.9 Å². The monoisotopic (exact) mass is 426 g/mol. The van der Waals surface area contributed by atoms with Gasteiger partial charge in [0.05, 0.1) is 5.75 Å². The molecule has 2 amide bonds. The number of amides is 2.